The molecule has 1 saturated heterocycles. The zero-order valence-electron chi connectivity index (χ0n) is 16.3. The minimum atomic E-state index is -1.23. The maximum Gasteiger partial charge on any atom is 0.229 e. The van der Waals surface area contributed by atoms with E-state index in [0.29, 0.717) is 6.54 Å². The van der Waals surface area contributed by atoms with E-state index in [1.54, 1.807) is 0 Å². The summed E-state index contributed by atoms with van der Waals surface area (Å²) in [4.78, 5) is 13.9. The smallest absolute Gasteiger partial charge is 0.229 e. The van der Waals surface area contributed by atoms with Gasteiger partial charge >= 0.3 is 0 Å². The molecular formula is C20H32N2O5. The number of hydrogen-bond acceptors (Lipinski definition) is 6. The van der Waals surface area contributed by atoms with Crippen LogP contribution in [0.25, 0.3) is 0 Å². The van der Waals surface area contributed by atoms with Gasteiger partial charge in [-0.15, -0.1) is 0 Å². The number of benzene rings is 1. The number of piperidine rings is 1. The Balaban J connectivity index is 1.91. The molecule has 5 N–H and O–H groups in total. The lowest BCUT2D eigenvalue weighted by atomic mass is 9.94. The number of carbonyl (C=O) groups excluding carboxylic acids is 1. The lowest BCUT2D eigenvalue weighted by Gasteiger charge is -2.43. The number of likely N-dealkylation sites (tertiary alicyclic amines) is 1. The van der Waals surface area contributed by atoms with Crippen molar-refractivity contribution in [2.45, 2.75) is 58.0 Å². The van der Waals surface area contributed by atoms with Crippen LogP contribution in [0.5, 0.6) is 0 Å². The maximum absolute atomic E-state index is 12.1. The fourth-order valence-electron chi connectivity index (χ4n) is 3.24. The molecule has 7 heteroatoms. The van der Waals surface area contributed by atoms with Crippen LogP contribution in [-0.2, 0) is 11.2 Å². The Morgan fingerprint density at radius 2 is 1.93 bits per heavy atom. The Morgan fingerprint density at radius 3 is 2.56 bits per heavy atom. The summed E-state index contributed by atoms with van der Waals surface area (Å²) in [7, 11) is 0. The van der Waals surface area contributed by atoms with Crippen molar-refractivity contribution in [3.05, 3.63) is 29.8 Å². The highest BCUT2D eigenvalue weighted by Gasteiger charge is 2.40. The average Bonchev–Trinajstić information content (AvgIpc) is 2.59. The summed E-state index contributed by atoms with van der Waals surface area (Å²) in [5, 5.41) is 42.1. The third-order valence-corrected chi connectivity index (χ3v) is 4.99. The van der Waals surface area contributed by atoms with E-state index in [2.05, 4.69) is 5.32 Å². The molecule has 1 aromatic carbocycles. The first-order valence-electron chi connectivity index (χ1n) is 9.43. The minimum absolute atomic E-state index is 0.0414. The number of nitrogens with one attached hydrogen (secondary N) is 1. The highest BCUT2D eigenvalue weighted by molar-refractivity contribution is 5.94. The molecule has 1 aliphatic heterocycles. The Labute approximate surface area is 160 Å². The predicted molar refractivity (Wildman–Crippen MR) is 103 cm³/mol. The van der Waals surface area contributed by atoms with Crippen LogP contribution < -0.4 is 5.32 Å². The molecule has 1 aliphatic rings. The molecule has 27 heavy (non-hydrogen) atoms. The Hall–Kier alpha value is -1.51. The Bertz CT molecular complexity index is 631. The van der Waals surface area contributed by atoms with Crippen LogP contribution in [0.15, 0.2) is 24.3 Å². The minimum Gasteiger partial charge on any atom is -0.395 e. The van der Waals surface area contributed by atoms with E-state index in [-0.39, 0.29) is 19.1 Å². The number of amides is 1. The second kappa shape index (κ2) is 9.12. The zero-order chi connectivity index (χ0) is 20.2. The number of hydrogen-bond donors (Lipinski definition) is 5. The number of anilines is 1. The second-order valence-corrected chi connectivity index (χ2v) is 8.30. The van der Waals surface area contributed by atoms with Crippen LogP contribution in [0.2, 0.25) is 0 Å². The van der Waals surface area contributed by atoms with Crippen molar-refractivity contribution in [3.8, 4) is 0 Å². The second-order valence-electron chi connectivity index (χ2n) is 8.30. The Kier molecular flexibility index (Phi) is 7.36. The van der Waals surface area contributed by atoms with E-state index in [0.717, 1.165) is 24.1 Å². The van der Waals surface area contributed by atoms with Gasteiger partial charge in [-0.05, 0) is 37.1 Å². The Morgan fingerprint density at radius 1 is 1.22 bits per heavy atom. The first-order valence-corrected chi connectivity index (χ1v) is 9.43. The van der Waals surface area contributed by atoms with Crippen LogP contribution in [0.4, 0.5) is 5.69 Å². The standard InChI is InChI=1S/C20H32N2O5/c1-20(2,3)19(27)21-14-8-4-6-13(10-14)7-5-9-22-11-16(24)18(26)17(25)15(22)12-23/h4,6,8,10,15-18,23-26H,5,7,9,11-12H2,1-3H3,(H,21,27)/t15-,16+,17-,18-/m1/s1. The molecule has 0 radical (unpaired) electrons. The molecule has 152 valence electrons. The summed E-state index contributed by atoms with van der Waals surface area (Å²) in [5.41, 5.74) is 1.36. The fraction of sp³-hybridized carbons (Fsp3) is 0.650. The van der Waals surface area contributed by atoms with E-state index in [4.69, 9.17) is 0 Å². The van der Waals surface area contributed by atoms with Crippen molar-refractivity contribution >= 4 is 11.6 Å². The van der Waals surface area contributed by atoms with Crippen LogP contribution >= 0.6 is 0 Å². The van der Waals surface area contributed by atoms with Gasteiger partial charge in [0.15, 0.2) is 0 Å². The van der Waals surface area contributed by atoms with Crippen molar-refractivity contribution in [1.29, 1.82) is 0 Å². The molecular weight excluding hydrogens is 348 g/mol. The van der Waals surface area contributed by atoms with Crippen LogP contribution in [0, 0.1) is 5.41 Å². The number of carbonyl (C=O) groups is 1. The van der Waals surface area contributed by atoms with Crippen molar-refractivity contribution in [1.82, 2.24) is 4.90 Å². The van der Waals surface area contributed by atoms with Crippen LogP contribution in [-0.4, -0.2) is 75.3 Å². The van der Waals surface area contributed by atoms with E-state index in [1.165, 1.54) is 0 Å². The largest absolute Gasteiger partial charge is 0.395 e. The molecule has 0 aromatic heterocycles. The lowest BCUT2D eigenvalue weighted by Crippen LogP contribution is -2.62. The third kappa shape index (κ3) is 5.73. The normalized spacial score (nSPS) is 26.8. The summed E-state index contributed by atoms with van der Waals surface area (Å²) in [5.74, 6) is -0.0414. The SMILES string of the molecule is CC(C)(C)C(=O)Nc1cccc(CCCN2C[C@H](O)[C@@H](O)[C@H](O)[C@H]2CO)c1. The summed E-state index contributed by atoms with van der Waals surface area (Å²) in [6.07, 6.45) is -1.93. The molecule has 0 unspecified atom stereocenters. The van der Waals surface area contributed by atoms with E-state index < -0.39 is 29.8 Å². The fourth-order valence-corrected chi connectivity index (χ4v) is 3.24. The first-order chi connectivity index (χ1) is 12.6. The molecule has 2 rings (SSSR count). The van der Waals surface area contributed by atoms with Crippen molar-refractivity contribution in [3.63, 3.8) is 0 Å². The van der Waals surface area contributed by atoms with E-state index in [1.807, 2.05) is 49.9 Å². The van der Waals surface area contributed by atoms with Gasteiger partial charge in [0.25, 0.3) is 0 Å². The molecule has 7 nitrogen and oxygen atoms in total. The van der Waals surface area contributed by atoms with Crippen molar-refractivity contribution in [2.75, 3.05) is 25.0 Å². The first kappa shape index (κ1) is 21.8. The van der Waals surface area contributed by atoms with Crippen LogP contribution in [0.1, 0.15) is 32.8 Å². The van der Waals surface area contributed by atoms with Gasteiger partial charge in [-0.25, -0.2) is 0 Å². The number of β-amino-alcohol motifs (C(OH)–C–C–N with tert-alkyl or cyclic N) is 1. The summed E-state index contributed by atoms with van der Waals surface area (Å²) in [6, 6.07) is 7.10. The molecule has 4 atom stereocenters. The van der Waals surface area contributed by atoms with Gasteiger partial charge in [0.2, 0.25) is 5.91 Å². The van der Waals surface area contributed by atoms with Crippen molar-refractivity contribution in [2.24, 2.45) is 5.41 Å². The highest BCUT2D eigenvalue weighted by Crippen LogP contribution is 2.21. The quantitative estimate of drug-likeness (QED) is 0.487. The topological polar surface area (TPSA) is 113 Å². The van der Waals surface area contributed by atoms with Gasteiger partial charge < -0.3 is 25.7 Å². The molecule has 0 saturated carbocycles. The van der Waals surface area contributed by atoms with Gasteiger partial charge in [-0.1, -0.05) is 32.9 Å². The van der Waals surface area contributed by atoms with Gasteiger partial charge in [-0.3, -0.25) is 9.69 Å². The molecule has 1 aromatic rings. The maximum atomic E-state index is 12.1. The average molecular weight is 380 g/mol. The zero-order valence-corrected chi connectivity index (χ0v) is 16.3. The monoisotopic (exact) mass is 380 g/mol. The third-order valence-electron chi connectivity index (χ3n) is 4.99. The summed E-state index contributed by atoms with van der Waals surface area (Å²) >= 11 is 0. The van der Waals surface area contributed by atoms with E-state index in [9.17, 15) is 25.2 Å². The molecule has 0 spiro atoms. The van der Waals surface area contributed by atoms with E-state index >= 15 is 0 Å². The lowest BCUT2D eigenvalue weighted by molar-refractivity contribution is -0.145. The van der Waals surface area contributed by atoms with Crippen molar-refractivity contribution < 1.29 is 25.2 Å². The molecule has 0 aliphatic carbocycles. The molecule has 1 fully saturated rings. The summed E-state index contributed by atoms with van der Waals surface area (Å²) < 4.78 is 0. The molecule has 1 heterocycles. The van der Waals surface area contributed by atoms with Gasteiger partial charge in [-0.2, -0.15) is 0 Å². The number of rotatable bonds is 6. The predicted octanol–water partition coefficient (Wildman–Crippen LogP) is 0.363. The number of aliphatic hydroxyl groups is 4. The molecule has 0 bridgehead atoms. The van der Waals surface area contributed by atoms with Gasteiger partial charge in [0.05, 0.1) is 18.8 Å². The van der Waals surface area contributed by atoms with Gasteiger partial charge in [0.1, 0.15) is 12.2 Å². The number of aliphatic hydroxyl groups excluding tert-OH is 4. The number of nitrogens with zero attached hydrogens (tertiary/aromatic N) is 1. The highest BCUT2D eigenvalue weighted by atomic mass is 16.4. The summed E-state index contributed by atoms with van der Waals surface area (Å²) in [6.45, 7) is 6.10. The van der Waals surface area contributed by atoms with Gasteiger partial charge in [0, 0.05) is 17.6 Å². The van der Waals surface area contributed by atoms with Crippen LogP contribution in [0.3, 0.4) is 0 Å². The number of aryl methyl sites for hydroxylation is 1. The molecule has 1 amide bonds.